The van der Waals surface area contributed by atoms with E-state index in [4.69, 9.17) is 4.74 Å². The van der Waals surface area contributed by atoms with Crippen LogP contribution in [-0.2, 0) is 6.42 Å². The molecule has 0 fully saturated rings. The van der Waals surface area contributed by atoms with Gasteiger partial charge in [0.1, 0.15) is 5.75 Å². The molecule has 0 spiro atoms. The van der Waals surface area contributed by atoms with Crippen LogP contribution in [0.4, 0.5) is 0 Å². The predicted octanol–water partition coefficient (Wildman–Crippen LogP) is 3.82. The van der Waals surface area contributed by atoms with E-state index in [1.165, 1.54) is 22.3 Å². The van der Waals surface area contributed by atoms with Crippen LogP contribution in [0.1, 0.15) is 28.3 Å². The van der Waals surface area contributed by atoms with Crippen molar-refractivity contribution in [1.29, 1.82) is 0 Å². The predicted molar refractivity (Wildman–Crippen MR) is 84.4 cm³/mol. The Bertz CT molecular complexity index is 563. The van der Waals surface area contributed by atoms with Gasteiger partial charge >= 0.3 is 0 Å². The molecule has 1 N–H and O–H groups in total. The molecule has 0 saturated heterocycles. The number of aryl methyl sites for hydroxylation is 1. The Morgan fingerprint density at radius 1 is 1.05 bits per heavy atom. The van der Waals surface area contributed by atoms with Crippen molar-refractivity contribution in [1.82, 2.24) is 5.32 Å². The summed E-state index contributed by atoms with van der Waals surface area (Å²) in [6.45, 7) is 4.24. The summed E-state index contributed by atoms with van der Waals surface area (Å²) >= 11 is 0. The standard InChI is InChI=1S/C18H23NO/c1-13-10-11-16(18(20-4)14(13)2)17(19-3)12-15-8-6-5-7-9-15/h5-11,17,19H,12H2,1-4H3. The van der Waals surface area contributed by atoms with Gasteiger partial charge in [-0.2, -0.15) is 0 Å². The van der Waals surface area contributed by atoms with Crippen LogP contribution in [-0.4, -0.2) is 14.2 Å². The Hall–Kier alpha value is -1.80. The topological polar surface area (TPSA) is 21.3 Å². The molecule has 0 amide bonds. The first kappa shape index (κ1) is 14.6. The van der Waals surface area contributed by atoms with Crippen molar-refractivity contribution in [3.63, 3.8) is 0 Å². The van der Waals surface area contributed by atoms with Gasteiger partial charge in [-0.15, -0.1) is 0 Å². The zero-order chi connectivity index (χ0) is 14.5. The highest BCUT2D eigenvalue weighted by Crippen LogP contribution is 2.32. The fraction of sp³-hybridized carbons (Fsp3) is 0.333. The molecule has 1 atom stereocenters. The number of likely N-dealkylation sites (N-methyl/N-ethyl adjacent to an activating group) is 1. The van der Waals surface area contributed by atoms with Crippen LogP contribution in [0.15, 0.2) is 42.5 Å². The number of methoxy groups -OCH3 is 1. The van der Waals surface area contributed by atoms with Crippen molar-refractivity contribution in [2.75, 3.05) is 14.2 Å². The van der Waals surface area contributed by atoms with Crippen LogP contribution in [0.5, 0.6) is 5.75 Å². The third-order valence-corrected chi connectivity index (χ3v) is 3.92. The normalized spacial score (nSPS) is 12.2. The largest absolute Gasteiger partial charge is 0.496 e. The first-order valence-electron chi connectivity index (χ1n) is 7.02. The molecule has 2 heteroatoms. The van der Waals surface area contributed by atoms with E-state index in [2.05, 4.69) is 61.6 Å². The molecule has 0 aliphatic heterocycles. The smallest absolute Gasteiger partial charge is 0.126 e. The van der Waals surface area contributed by atoms with Crippen molar-refractivity contribution in [2.45, 2.75) is 26.3 Å². The van der Waals surface area contributed by atoms with Gasteiger partial charge in [-0.05, 0) is 44.0 Å². The van der Waals surface area contributed by atoms with E-state index >= 15 is 0 Å². The third kappa shape index (κ3) is 3.02. The quantitative estimate of drug-likeness (QED) is 0.891. The van der Waals surface area contributed by atoms with Gasteiger partial charge in [0.25, 0.3) is 0 Å². The van der Waals surface area contributed by atoms with Gasteiger partial charge < -0.3 is 10.1 Å². The summed E-state index contributed by atoms with van der Waals surface area (Å²) < 4.78 is 5.64. The van der Waals surface area contributed by atoms with E-state index in [0.717, 1.165) is 12.2 Å². The minimum Gasteiger partial charge on any atom is -0.496 e. The first-order chi connectivity index (χ1) is 9.67. The fourth-order valence-corrected chi connectivity index (χ4v) is 2.57. The van der Waals surface area contributed by atoms with Crippen LogP contribution in [0.25, 0.3) is 0 Å². The number of benzene rings is 2. The molecule has 2 aromatic rings. The van der Waals surface area contributed by atoms with Crippen LogP contribution in [0.2, 0.25) is 0 Å². The summed E-state index contributed by atoms with van der Waals surface area (Å²) in [5.41, 5.74) is 5.03. The highest BCUT2D eigenvalue weighted by atomic mass is 16.5. The Kier molecular flexibility index (Phi) is 4.80. The van der Waals surface area contributed by atoms with Crippen LogP contribution in [0, 0.1) is 13.8 Å². The fourth-order valence-electron chi connectivity index (χ4n) is 2.57. The van der Waals surface area contributed by atoms with Gasteiger partial charge in [-0.3, -0.25) is 0 Å². The minimum absolute atomic E-state index is 0.256. The molecule has 0 radical (unpaired) electrons. The van der Waals surface area contributed by atoms with Crippen LogP contribution < -0.4 is 10.1 Å². The summed E-state index contributed by atoms with van der Waals surface area (Å²) in [7, 11) is 3.75. The van der Waals surface area contributed by atoms with Crippen molar-refractivity contribution in [3.8, 4) is 5.75 Å². The van der Waals surface area contributed by atoms with E-state index in [1.807, 2.05) is 7.05 Å². The van der Waals surface area contributed by atoms with Gasteiger partial charge in [0.05, 0.1) is 7.11 Å². The van der Waals surface area contributed by atoms with E-state index in [1.54, 1.807) is 7.11 Å². The zero-order valence-corrected chi connectivity index (χ0v) is 12.7. The maximum absolute atomic E-state index is 5.64. The molecule has 0 heterocycles. The second-order valence-corrected chi connectivity index (χ2v) is 5.16. The summed E-state index contributed by atoms with van der Waals surface area (Å²) in [6.07, 6.45) is 0.955. The summed E-state index contributed by atoms with van der Waals surface area (Å²) in [4.78, 5) is 0. The number of hydrogen-bond acceptors (Lipinski definition) is 2. The van der Waals surface area contributed by atoms with Crippen molar-refractivity contribution in [3.05, 3.63) is 64.7 Å². The summed E-state index contributed by atoms with van der Waals surface area (Å²) in [5.74, 6) is 1.00. The maximum atomic E-state index is 5.64. The van der Waals surface area contributed by atoms with E-state index in [-0.39, 0.29) is 6.04 Å². The molecule has 0 saturated carbocycles. The molecule has 2 nitrogen and oxygen atoms in total. The molecule has 2 rings (SSSR count). The Labute approximate surface area is 121 Å². The van der Waals surface area contributed by atoms with Gasteiger partial charge in [0, 0.05) is 11.6 Å². The van der Waals surface area contributed by atoms with Gasteiger partial charge in [-0.25, -0.2) is 0 Å². The van der Waals surface area contributed by atoms with E-state index < -0.39 is 0 Å². The van der Waals surface area contributed by atoms with E-state index in [0.29, 0.717) is 0 Å². The molecule has 0 aliphatic rings. The average Bonchev–Trinajstić information content (AvgIpc) is 2.48. The van der Waals surface area contributed by atoms with E-state index in [9.17, 15) is 0 Å². The van der Waals surface area contributed by atoms with Crippen LogP contribution >= 0.6 is 0 Å². The lowest BCUT2D eigenvalue weighted by Crippen LogP contribution is -2.20. The van der Waals surface area contributed by atoms with Gasteiger partial charge in [0.2, 0.25) is 0 Å². The molecule has 106 valence electrons. The average molecular weight is 269 g/mol. The molecule has 2 aromatic carbocycles. The first-order valence-corrected chi connectivity index (χ1v) is 7.02. The second-order valence-electron chi connectivity index (χ2n) is 5.16. The molecular formula is C18H23NO. The molecule has 1 unspecified atom stereocenters. The Morgan fingerprint density at radius 2 is 1.75 bits per heavy atom. The summed E-state index contributed by atoms with van der Waals surface area (Å²) in [6, 6.07) is 15.1. The minimum atomic E-state index is 0.256. The van der Waals surface area contributed by atoms with Crippen molar-refractivity contribution >= 4 is 0 Å². The highest BCUT2D eigenvalue weighted by Gasteiger charge is 2.17. The second kappa shape index (κ2) is 6.58. The number of rotatable bonds is 5. The van der Waals surface area contributed by atoms with Crippen molar-refractivity contribution < 1.29 is 4.74 Å². The Balaban J connectivity index is 2.35. The molecule has 20 heavy (non-hydrogen) atoms. The SMILES string of the molecule is CNC(Cc1ccccc1)c1ccc(C)c(C)c1OC. The summed E-state index contributed by atoms with van der Waals surface area (Å²) in [5, 5.41) is 3.41. The lowest BCUT2D eigenvalue weighted by atomic mass is 9.94. The molecular weight excluding hydrogens is 246 g/mol. The number of nitrogens with one attached hydrogen (secondary N) is 1. The molecule has 0 aliphatic carbocycles. The van der Waals surface area contributed by atoms with Gasteiger partial charge in [0.15, 0.2) is 0 Å². The third-order valence-electron chi connectivity index (χ3n) is 3.92. The Morgan fingerprint density at radius 3 is 2.35 bits per heavy atom. The number of hydrogen-bond donors (Lipinski definition) is 1. The van der Waals surface area contributed by atoms with Crippen molar-refractivity contribution in [2.24, 2.45) is 0 Å². The lowest BCUT2D eigenvalue weighted by Gasteiger charge is -2.21. The number of ether oxygens (including phenoxy) is 1. The molecule has 0 bridgehead atoms. The highest BCUT2D eigenvalue weighted by molar-refractivity contribution is 5.47. The van der Waals surface area contributed by atoms with Crippen LogP contribution in [0.3, 0.4) is 0 Å². The lowest BCUT2D eigenvalue weighted by molar-refractivity contribution is 0.397. The van der Waals surface area contributed by atoms with Gasteiger partial charge in [-0.1, -0.05) is 42.5 Å². The maximum Gasteiger partial charge on any atom is 0.126 e. The monoisotopic (exact) mass is 269 g/mol. The zero-order valence-electron chi connectivity index (χ0n) is 12.7. The molecule has 0 aromatic heterocycles.